The van der Waals surface area contributed by atoms with Gasteiger partial charge in [-0.1, -0.05) is 0 Å². The van der Waals surface area contributed by atoms with Crippen LogP contribution in [-0.2, 0) is 9.47 Å². The van der Waals surface area contributed by atoms with Gasteiger partial charge in [-0.25, -0.2) is 0 Å². The van der Waals surface area contributed by atoms with Gasteiger partial charge in [-0.15, -0.1) is 0 Å². The molecule has 4 aliphatic carbocycles. The fourth-order valence-electron chi connectivity index (χ4n) is 5.68. The molecule has 0 aromatic rings. The molecule has 1 N–H and O–H groups in total. The van der Waals surface area contributed by atoms with Gasteiger partial charge in [0.1, 0.15) is 0 Å². The molecule has 4 fully saturated rings. The minimum absolute atomic E-state index is 0.616. The molecule has 1 atom stereocenters. The van der Waals surface area contributed by atoms with E-state index in [0.29, 0.717) is 11.5 Å². The molecule has 0 radical (unpaired) electrons. The minimum Gasteiger partial charge on any atom is -0.385 e. The molecule has 0 amide bonds. The highest BCUT2D eigenvalue weighted by Gasteiger charge is 2.52. The third-order valence-corrected chi connectivity index (χ3v) is 6.34. The number of hydrogen-bond acceptors (Lipinski definition) is 3. The molecule has 122 valence electrons. The molecule has 0 aliphatic heterocycles. The highest BCUT2D eigenvalue weighted by atomic mass is 16.5. The number of hydrogen-bond donors (Lipinski definition) is 1. The van der Waals surface area contributed by atoms with Crippen LogP contribution in [-0.4, -0.2) is 39.5 Å². The summed E-state index contributed by atoms with van der Waals surface area (Å²) < 4.78 is 10.7. The van der Waals surface area contributed by atoms with Gasteiger partial charge >= 0.3 is 0 Å². The van der Waals surface area contributed by atoms with E-state index in [4.69, 9.17) is 9.47 Å². The second-order valence-corrected chi connectivity index (χ2v) is 7.91. The highest BCUT2D eigenvalue weighted by molar-refractivity contribution is 5.05. The first-order valence-electron chi connectivity index (χ1n) is 9.02. The first-order valence-corrected chi connectivity index (χ1v) is 9.02. The smallest absolute Gasteiger partial charge is 0.0591 e. The number of methoxy groups -OCH3 is 1. The molecule has 0 aromatic heterocycles. The largest absolute Gasteiger partial charge is 0.385 e. The van der Waals surface area contributed by atoms with Crippen LogP contribution in [0.2, 0.25) is 0 Å². The van der Waals surface area contributed by atoms with Crippen LogP contribution < -0.4 is 5.32 Å². The molecule has 0 aromatic carbocycles. The summed E-state index contributed by atoms with van der Waals surface area (Å²) in [6.45, 7) is 5.88. The van der Waals surface area contributed by atoms with Crippen molar-refractivity contribution in [1.29, 1.82) is 0 Å². The first kappa shape index (κ1) is 15.8. The zero-order valence-corrected chi connectivity index (χ0v) is 13.9. The average molecular weight is 295 g/mol. The predicted molar refractivity (Wildman–Crippen MR) is 85.4 cm³/mol. The third kappa shape index (κ3) is 3.62. The lowest BCUT2D eigenvalue weighted by Gasteiger charge is -2.59. The van der Waals surface area contributed by atoms with Crippen LogP contribution in [0.4, 0.5) is 0 Å². The Hall–Kier alpha value is -0.120. The Morgan fingerprint density at radius 1 is 1.00 bits per heavy atom. The molecule has 4 saturated carbocycles. The maximum absolute atomic E-state index is 5.66. The summed E-state index contributed by atoms with van der Waals surface area (Å²) in [4.78, 5) is 0. The first-order chi connectivity index (χ1) is 10.2. The van der Waals surface area contributed by atoms with Gasteiger partial charge in [-0.3, -0.25) is 0 Å². The van der Waals surface area contributed by atoms with E-state index in [9.17, 15) is 0 Å². The Kier molecular flexibility index (Phi) is 5.23. The molecule has 1 unspecified atom stereocenters. The molecule has 0 heterocycles. The van der Waals surface area contributed by atoms with E-state index < -0.39 is 0 Å². The van der Waals surface area contributed by atoms with Gasteiger partial charge in [0, 0.05) is 32.9 Å². The average Bonchev–Trinajstić information content (AvgIpc) is 2.44. The van der Waals surface area contributed by atoms with Gasteiger partial charge in [-0.05, 0) is 75.0 Å². The molecule has 21 heavy (non-hydrogen) atoms. The van der Waals surface area contributed by atoms with E-state index >= 15 is 0 Å². The molecule has 4 rings (SSSR count). The summed E-state index contributed by atoms with van der Waals surface area (Å²) in [5, 5.41) is 3.77. The normalized spacial score (nSPS) is 38.9. The van der Waals surface area contributed by atoms with Crippen molar-refractivity contribution in [2.24, 2.45) is 23.2 Å². The lowest BCUT2D eigenvalue weighted by Crippen LogP contribution is -2.55. The van der Waals surface area contributed by atoms with Gasteiger partial charge in [0.15, 0.2) is 0 Å². The SMILES string of the molecule is COCCCOCCNC(C)C12CC3CC(CC(C3)C1)C2. The summed E-state index contributed by atoms with van der Waals surface area (Å²) >= 11 is 0. The van der Waals surface area contributed by atoms with E-state index in [1.54, 1.807) is 7.11 Å². The predicted octanol–water partition coefficient (Wildman–Crippen LogP) is 3.23. The number of nitrogens with one attached hydrogen (secondary N) is 1. The maximum atomic E-state index is 5.66. The zero-order chi connectivity index (χ0) is 14.7. The maximum Gasteiger partial charge on any atom is 0.0591 e. The second-order valence-electron chi connectivity index (χ2n) is 7.91. The molecule has 3 heteroatoms. The van der Waals surface area contributed by atoms with E-state index in [-0.39, 0.29) is 0 Å². The monoisotopic (exact) mass is 295 g/mol. The Bertz CT molecular complexity index is 296. The fraction of sp³-hybridized carbons (Fsp3) is 1.00. The highest BCUT2D eigenvalue weighted by Crippen LogP contribution is 2.61. The van der Waals surface area contributed by atoms with E-state index in [1.807, 2.05) is 0 Å². The van der Waals surface area contributed by atoms with Crippen LogP contribution >= 0.6 is 0 Å². The molecular weight excluding hydrogens is 262 g/mol. The minimum atomic E-state index is 0.616. The van der Waals surface area contributed by atoms with Gasteiger partial charge in [0.05, 0.1) is 6.61 Å². The lowest BCUT2D eigenvalue weighted by atomic mass is 9.48. The van der Waals surface area contributed by atoms with Crippen molar-refractivity contribution in [2.45, 2.75) is 57.9 Å². The molecular formula is C18H33NO2. The van der Waals surface area contributed by atoms with Gasteiger partial charge in [0.25, 0.3) is 0 Å². The van der Waals surface area contributed by atoms with Crippen molar-refractivity contribution in [3.05, 3.63) is 0 Å². The Morgan fingerprint density at radius 3 is 2.19 bits per heavy atom. The molecule has 4 aliphatic rings. The van der Waals surface area contributed by atoms with E-state index in [0.717, 1.165) is 50.5 Å². The van der Waals surface area contributed by atoms with Crippen LogP contribution in [0.1, 0.15) is 51.9 Å². The summed E-state index contributed by atoms with van der Waals surface area (Å²) in [6.07, 6.45) is 10.1. The summed E-state index contributed by atoms with van der Waals surface area (Å²) in [7, 11) is 1.74. The molecule has 0 spiro atoms. The van der Waals surface area contributed by atoms with Crippen molar-refractivity contribution < 1.29 is 9.47 Å². The summed E-state index contributed by atoms with van der Waals surface area (Å²) in [5.41, 5.74) is 0.616. The number of ether oxygens (including phenoxy) is 2. The van der Waals surface area contributed by atoms with Crippen molar-refractivity contribution in [1.82, 2.24) is 5.32 Å². The van der Waals surface area contributed by atoms with Crippen LogP contribution in [0.5, 0.6) is 0 Å². The van der Waals surface area contributed by atoms with Crippen LogP contribution in [0.15, 0.2) is 0 Å². The lowest BCUT2D eigenvalue weighted by molar-refractivity contribution is -0.0710. The Balaban J connectivity index is 1.38. The van der Waals surface area contributed by atoms with Crippen LogP contribution in [0.25, 0.3) is 0 Å². The van der Waals surface area contributed by atoms with Crippen molar-refractivity contribution in [2.75, 3.05) is 33.5 Å². The van der Waals surface area contributed by atoms with E-state index in [2.05, 4.69) is 12.2 Å². The fourth-order valence-corrected chi connectivity index (χ4v) is 5.68. The van der Waals surface area contributed by atoms with Crippen LogP contribution in [0, 0.1) is 23.2 Å². The second kappa shape index (κ2) is 6.97. The molecule has 0 saturated heterocycles. The third-order valence-electron chi connectivity index (χ3n) is 6.34. The Morgan fingerprint density at radius 2 is 1.62 bits per heavy atom. The van der Waals surface area contributed by atoms with Crippen LogP contribution in [0.3, 0.4) is 0 Å². The van der Waals surface area contributed by atoms with Gasteiger partial charge < -0.3 is 14.8 Å². The summed E-state index contributed by atoms with van der Waals surface area (Å²) in [6, 6.07) is 0.661. The van der Waals surface area contributed by atoms with E-state index in [1.165, 1.54) is 38.5 Å². The quantitative estimate of drug-likeness (QED) is 0.662. The van der Waals surface area contributed by atoms with Crippen molar-refractivity contribution in [3.8, 4) is 0 Å². The van der Waals surface area contributed by atoms with Gasteiger partial charge in [-0.2, -0.15) is 0 Å². The van der Waals surface area contributed by atoms with Gasteiger partial charge in [0.2, 0.25) is 0 Å². The topological polar surface area (TPSA) is 30.5 Å². The zero-order valence-electron chi connectivity index (χ0n) is 13.9. The standard InChI is InChI=1S/C18H33NO2/c1-14(19-4-7-21-6-3-5-20-2)18-11-15-8-16(12-18)10-17(9-15)13-18/h14-17,19H,3-13H2,1-2H3. The molecule has 4 bridgehead atoms. The summed E-state index contributed by atoms with van der Waals surface area (Å²) in [5.74, 6) is 3.14. The van der Waals surface area contributed by atoms with Crippen molar-refractivity contribution >= 4 is 0 Å². The molecule has 3 nitrogen and oxygen atoms in total. The van der Waals surface area contributed by atoms with Crippen molar-refractivity contribution in [3.63, 3.8) is 0 Å². The Labute approximate surface area is 130 Å². The number of rotatable bonds is 9.